The lowest BCUT2D eigenvalue weighted by molar-refractivity contribution is -0.118. The summed E-state index contributed by atoms with van der Waals surface area (Å²) in [5.74, 6) is 0.760. The molecule has 3 heteroatoms. The Morgan fingerprint density at radius 1 is 0.903 bits per heavy atom. The fourth-order valence-electron chi connectivity index (χ4n) is 8.33. The van der Waals surface area contributed by atoms with Crippen LogP contribution in [0.5, 0.6) is 0 Å². The van der Waals surface area contributed by atoms with Crippen LogP contribution in [0.1, 0.15) is 63.5 Å². The standard InChI is InChI=1S/C28H33FN2/c1-26-11-20-12-27(2,17-26)19-28(13-20,18-26)30-14-22-16-31(25-10-6-4-8-23(22)25)15-21-7-3-5-9-24(21)29/h3-10,16,20,30H,11-15,17-19H2,1-2H3/t20?,26-,27+,28?. The zero-order chi connectivity index (χ0) is 21.3. The minimum Gasteiger partial charge on any atom is -0.343 e. The Bertz CT molecular complexity index is 1130. The number of hydrogen-bond donors (Lipinski definition) is 1. The molecule has 0 spiro atoms. The molecule has 4 bridgehead atoms. The van der Waals surface area contributed by atoms with Gasteiger partial charge in [-0.1, -0.05) is 50.2 Å². The molecule has 2 unspecified atom stereocenters. The second kappa shape index (κ2) is 6.68. The van der Waals surface area contributed by atoms with E-state index in [0.717, 1.165) is 18.0 Å². The number of benzene rings is 2. The molecule has 0 aliphatic heterocycles. The second-order valence-electron chi connectivity index (χ2n) is 11.7. The summed E-state index contributed by atoms with van der Waals surface area (Å²) in [6, 6.07) is 15.7. The van der Waals surface area contributed by atoms with Gasteiger partial charge in [0.2, 0.25) is 0 Å². The Balaban J connectivity index is 1.29. The van der Waals surface area contributed by atoms with Gasteiger partial charge in [0.1, 0.15) is 5.82 Å². The van der Waals surface area contributed by atoms with Gasteiger partial charge in [0, 0.05) is 34.7 Å². The predicted molar refractivity (Wildman–Crippen MR) is 124 cm³/mol. The minimum absolute atomic E-state index is 0.130. The highest BCUT2D eigenvalue weighted by atomic mass is 19.1. The van der Waals surface area contributed by atoms with Gasteiger partial charge in [-0.15, -0.1) is 0 Å². The normalized spacial score (nSPS) is 34.0. The van der Waals surface area contributed by atoms with Gasteiger partial charge in [0.15, 0.2) is 0 Å². The highest BCUT2D eigenvalue weighted by molar-refractivity contribution is 5.84. The summed E-state index contributed by atoms with van der Waals surface area (Å²) in [4.78, 5) is 0. The first-order valence-electron chi connectivity index (χ1n) is 11.9. The maximum Gasteiger partial charge on any atom is 0.128 e. The molecule has 1 N–H and O–H groups in total. The van der Waals surface area contributed by atoms with Crippen LogP contribution in [0.25, 0.3) is 10.9 Å². The molecule has 4 saturated carbocycles. The minimum atomic E-state index is -0.130. The first-order valence-corrected chi connectivity index (χ1v) is 11.9. The van der Waals surface area contributed by atoms with Gasteiger partial charge in [-0.2, -0.15) is 0 Å². The zero-order valence-electron chi connectivity index (χ0n) is 18.8. The lowest BCUT2D eigenvalue weighted by atomic mass is 9.43. The van der Waals surface area contributed by atoms with Gasteiger partial charge in [-0.05, 0) is 73.0 Å². The number of fused-ring (bicyclic) bond motifs is 1. The molecule has 4 aliphatic rings. The van der Waals surface area contributed by atoms with Crippen molar-refractivity contribution in [3.8, 4) is 0 Å². The number of halogens is 1. The maximum atomic E-state index is 14.3. The van der Waals surface area contributed by atoms with Crippen molar-refractivity contribution in [3.05, 3.63) is 71.7 Å². The van der Waals surface area contributed by atoms with E-state index in [-0.39, 0.29) is 11.4 Å². The molecule has 0 amide bonds. The Morgan fingerprint density at radius 3 is 2.35 bits per heavy atom. The number of hydrogen-bond acceptors (Lipinski definition) is 1. The number of nitrogens with zero attached hydrogens (tertiary/aromatic N) is 1. The Kier molecular flexibility index (Phi) is 4.21. The van der Waals surface area contributed by atoms with Crippen molar-refractivity contribution in [3.63, 3.8) is 0 Å². The Labute approximate surface area is 184 Å². The first kappa shape index (κ1) is 19.5. The van der Waals surface area contributed by atoms with E-state index in [1.54, 1.807) is 12.1 Å². The number of rotatable bonds is 5. The monoisotopic (exact) mass is 416 g/mol. The van der Waals surface area contributed by atoms with Crippen molar-refractivity contribution < 1.29 is 4.39 Å². The predicted octanol–water partition coefficient (Wildman–Crippen LogP) is 6.67. The maximum absolute atomic E-state index is 14.3. The van der Waals surface area contributed by atoms with E-state index in [2.05, 4.69) is 54.2 Å². The number of aromatic nitrogens is 1. The molecular weight excluding hydrogens is 383 g/mol. The van der Waals surface area contributed by atoms with Crippen molar-refractivity contribution in [1.82, 2.24) is 9.88 Å². The van der Waals surface area contributed by atoms with Crippen LogP contribution in [0.15, 0.2) is 54.7 Å². The summed E-state index contributed by atoms with van der Waals surface area (Å²) in [7, 11) is 0. The van der Waals surface area contributed by atoms with Crippen LogP contribution in [0.2, 0.25) is 0 Å². The zero-order valence-corrected chi connectivity index (χ0v) is 18.8. The van der Waals surface area contributed by atoms with Crippen LogP contribution in [-0.4, -0.2) is 10.1 Å². The molecule has 4 aliphatic carbocycles. The van der Waals surface area contributed by atoms with Crippen LogP contribution < -0.4 is 5.32 Å². The molecule has 31 heavy (non-hydrogen) atoms. The van der Waals surface area contributed by atoms with E-state index in [4.69, 9.17) is 0 Å². The molecule has 1 heterocycles. The summed E-state index contributed by atoms with van der Waals surface area (Å²) in [6.07, 6.45) is 10.5. The number of para-hydroxylation sites is 1. The molecule has 2 nitrogen and oxygen atoms in total. The van der Waals surface area contributed by atoms with E-state index in [0.29, 0.717) is 17.4 Å². The summed E-state index contributed by atoms with van der Waals surface area (Å²) in [5.41, 5.74) is 4.58. The van der Waals surface area contributed by atoms with Crippen molar-refractivity contribution in [1.29, 1.82) is 0 Å². The molecule has 0 radical (unpaired) electrons. The largest absolute Gasteiger partial charge is 0.343 e. The van der Waals surface area contributed by atoms with Gasteiger partial charge in [-0.25, -0.2) is 4.39 Å². The molecule has 162 valence electrons. The molecule has 4 atom stereocenters. The molecule has 4 fully saturated rings. The lowest BCUT2D eigenvalue weighted by Gasteiger charge is -2.65. The van der Waals surface area contributed by atoms with Crippen molar-refractivity contribution in [2.45, 2.75) is 71.0 Å². The molecule has 3 aromatic rings. The Morgan fingerprint density at radius 2 is 1.61 bits per heavy atom. The average Bonchev–Trinajstić information content (AvgIpc) is 3.03. The van der Waals surface area contributed by atoms with E-state index in [1.165, 1.54) is 55.0 Å². The quantitative estimate of drug-likeness (QED) is 0.492. The smallest absolute Gasteiger partial charge is 0.128 e. The fourth-order valence-corrected chi connectivity index (χ4v) is 8.33. The van der Waals surface area contributed by atoms with E-state index < -0.39 is 0 Å². The SMILES string of the molecule is C[C@]12CC3CC(NCc4cn(Cc5ccccc5F)c5ccccc45)(C1)C[C@@](C)(C3)C2. The van der Waals surface area contributed by atoms with Crippen LogP contribution in [0.3, 0.4) is 0 Å². The van der Waals surface area contributed by atoms with E-state index in [1.807, 2.05) is 12.1 Å². The van der Waals surface area contributed by atoms with Gasteiger partial charge < -0.3 is 9.88 Å². The topological polar surface area (TPSA) is 17.0 Å². The second-order valence-corrected chi connectivity index (χ2v) is 11.7. The lowest BCUT2D eigenvalue weighted by Crippen LogP contribution is -2.63. The van der Waals surface area contributed by atoms with Gasteiger partial charge in [0.05, 0.1) is 6.54 Å². The van der Waals surface area contributed by atoms with Crippen LogP contribution in [0, 0.1) is 22.6 Å². The van der Waals surface area contributed by atoms with Crippen molar-refractivity contribution >= 4 is 10.9 Å². The number of nitrogens with one attached hydrogen (secondary N) is 1. The van der Waals surface area contributed by atoms with Crippen LogP contribution in [0.4, 0.5) is 4.39 Å². The third kappa shape index (κ3) is 3.33. The first-order chi connectivity index (χ1) is 14.8. The highest BCUT2D eigenvalue weighted by Gasteiger charge is 2.59. The average molecular weight is 417 g/mol. The molecule has 2 aromatic carbocycles. The summed E-state index contributed by atoms with van der Waals surface area (Å²) >= 11 is 0. The van der Waals surface area contributed by atoms with Gasteiger partial charge in [0.25, 0.3) is 0 Å². The molecule has 0 saturated heterocycles. The van der Waals surface area contributed by atoms with Gasteiger partial charge in [-0.3, -0.25) is 0 Å². The Hall–Kier alpha value is -2.13. The summed E-state index contributed by atoms with van der Waals surface area (Å²) in [5, 5.41) is 5.37. The third-order valence-corrected chi connectivity index (χ3v) is 8.45. The van der Waals surface area contributed by atoms with E-state index in [9.17, 15) is 4.39 Å². The van der Waals surface area contributed by atoms with Crippen molar-refractivity contribution in [2.75, 3.05) is 0 Å². The third-order valence-electron chi connectivity index (χ3n) is 8.45. The van der Waals surface area contributed by atoms with Crippen LogP contribution in [-0.2, 0) is 13.1 Å². The summed E-state index contributed by atoms with van der Waals surface area (Å²) in [6.45, 7) is 6.53. The van der Waals surface area contributed by atoms with Gasteiger partial charge >= 0.3 is 0 Å². The van der Waals surface area contributed by atoms with Crippen LogP contribution >= 0.6 is 0 Å². The molecular formula is C28H33FN2. The molecule has 7 rings (SSSR count). The van der Waals surface area contributed by atoms with Crippen molar-refractivity contribution in [2.24, 2.45) is 16.7 Å². The summed E-state index contributed by atoms with van der Waals surface area (Å²) < 4.78 is 16.5. The molecule has 1 aromatic heterocycles. The van der Waals surface area contributed by atoms with E-state index >= 15 is 0 Å². The fraction of sp³-hybridized carbons (Fsp3) is 0.500. The highest BCUT2D eigenvalue weighted by Crippen LogP contribution is 2.66.